The van der Waals surface area contributed by atoms with Gasteiger partial charge in [0.15, 0.2) is 0 Å². The number of benzene rings is 6. The van der Waals surface area contributed by atoms with Crippen LogP contribution in [0.4, 0.5) is 11.4 Å². The summed E-state index contributed by atoms with van der Waals surface area (Å²) in [7, 11) is 3.25. The molecule has 2 heterocycles. The summed E-state index contributed by atoms with van der Waals surface area (Å²) in [5, 5.41) is 4.35. The van der Waals surface area contributed by atoms with Crippen molar-refractivity contribution < 1.29 is 14.3 Å². The molecule has 2 aromatic heterocycles. The van der Waals surface area contributed by atoms with Crippen LogP contribution in [0.3, 0.4) is 0 Å². The average Bonchev–Trinajstić information content (AvgIpc) is 3.28. The lowest BCUT2D eigenvalue weighted by Crippen LogP contribution is -2.24. The van der Waals surface area contributed by atoms with Crippen molar-refractivity contribution in [3.8, 4) is 34.0 Å². The normalized spacial score (nSPS) is 11.1. The Morgan fingerprint density at radius 2 is 1.05 bits per heavy atom. The van der Waals surface area contributed by atoms with E-state index in [1.807, 2.05) is 103 Å². The summed E-state index contributed by atoms with van der Waals surface area (Å²) in [6.07, 6.45) is 0.633. The molecule has 1 amide bonds. The molecule has 11 heteroatoms. The fraction of sp³-hybridized carbons (Fsp3) is 0.196. The number of nitrogens with one attached hydrogen (secondary N) is 1. The van der Waals surface area contributed by atoms with E-state index in [1.54, 1.807) is 29.4 Å². The molecule has 6 aromatic carbocycles. The SMILES string of the molecule is COc1ccc2c(c1)c(-c1ccc(C(C)C)cc1)nc(=O)n2Cc1cccc(N)c1.COc1ccc2c(c1)c(-c1ccc(C(C)C)cc1)nc(=O)n2Cc1cccc(NC=O)c1. The minimum absolute atomic E-state index is 0.293. The Kier molecular flexibility index (Phi) is 12.9. The molecule has 11 nitrogen and oxygen atoms in total. The van der Waals surface area contributed by atoms with Crippen molar-refractivity contribution in [2.24, 2.45) is 0 Å². The van der Waals surface area contributed by atoms with E-state index in [1.165, 1.54) is 11.1 Å². The highest BCUT2D eigenvalue weighted by molar-refractivity contribution is 5.94. The van der Waals surface area contributed by atoms with E-state index < -0.39 is 0 Å². The zero-order valence-corrected chi connectivity index (χ0v) is 35.8. The van der Waals surface area contributed by atoms with Gasteiger partial charge in [0.1, 0.15) is 11.5 Å². The molecule has 8 rings (SSSR count). The lowest BCUT2D eigenvalue weighted by atomic mass is 9.99. The molecular weight excluding hydrogens is 777 g/mol. The molecule has 8 aromatic rings. The van der Waals surface area contributed by atoms with Gasteiger partial charge >= 0.3 is 11.4 Å². The van der Waals surface area contributed by atoms with Gasteiger partial charge in [-0.3, -0.25) is 13.9 Å². The van der Waals surface area contributed by atoms with Crippen molar-refractivity contribution in [3.05, 3.63) is 177 Å². The number of hydrogen-bond acceptors (Lipinski definition) is 8. The molecule has 0 atom stereocenters. The van der Waals surface area contributed by atoms with Crippen molar-refractivity contribution in [3.63, 3.8) is 0 Å². The van der Waals surface area contributed by atoms with Crippen LogP contribution >= 0.6 is 0 Å². The minimum atomic E-state index is -0.334. The van der Waals surface area contributed by atoms with Gasteiger partial charge < -0.3 is 20.5 Å². The van der Waals surface area contributed by atoms with Gasteiger partial charge in [-0.15, -0.1) is 0 Å². The van der Waals surface area contributed by atoms with Gasteiger partial charge in [0.2, 0.25) is 6.41 Å². The first-order valence-corrected chi connectivity index (χ1v) is 20.5. The largest absolute Gasteiger partial charge is 0.497 e. The maximum Gasteiger partial charge on any atom is 0.348 e. The van der Waals surface area contributed by atoms with E-state index >= 15 is 0 Å². The van der Waals surface area contributed by atoms with Crippen LogP contribution in [0.1, 0.15) is 61.8 Å². The van der Waals surface area contributed by atoms with Crippen molar-refractivity contribution >= 4 is 39.6 Å². The Morgan fingerprint density at radius 1 is 0.597 bits per heavy atom. The molecule has 0 fully saturated rings. The number of nitrogen functional groups attached to an aromatic ring is 1. The van der Waals surface area contributed by atoms with Crippen molar-refractivity contribution in [1.82, 2.24) is 19.1 Å². The number of amides is 1. The number of anilines is 2. The monoisotopic (exact) mass is 826 g/mol. The van der Waals surface area contributed by atoms with Gasteiger partial charge in [-0.05, 0) is 94.8 Å². The summed E-state index contributed by atoms with van der Waals surface area (Å²) >= 11 is 0. The Hall–Kier alpha value is -7.53. The molecule has 0 aliphatic carbocycles. The van der Waals surface area contributed by atoms with E-state index in [0.717, 1.165) is 49.8 Å². The highest BCUT2D eigenvalue weighted by atomic mass is 16.5. The molecule has 0 aliphatic rings. The smallest absolute Gasteiger partial charge is 0.348 e. The van der Waals surface area contributed by atoms with Crippen LogP contribution in [0.5, 0.6) is 11.5 Å². The summed E-state index contributed by atoms with van der Waals surface area (Å²) in [6.45, 7) is 9.33. The lowest BCUT2D eigenvalue weighted by molar-refractivity contribution is -0.105. The third-order valence-electron chi connectivity index (χ3n) is 10.9. The zero-order chi connectivity index (χ0) is 43.9. The molecule has 0 spiro atoms. The molecule has 314 valence electrons. The Balaban J connectivity index is 0.000000187. The van der Waals surface area contributed by atoms with E-state index in [2.05, 4.69) is 67.2 Å². The third kappa shape index (κ3) is 9.42. The number of aromatic nitrogens is 4. The molecule has 62 heavy (non-hydrogen) atoms. The van der Waals surface area contributed by atoms with Crippen molar-refractivity contribution in [2.75, 3.05) is 25.3 Å². The van der Waals surface area contributed by atoms with Gasteiger partial charge in [0.25, 0.3) is 0 Å². The van der Waals surface area contributed by atoms with Gasteiger partial charge in [-0.2, -0.15) is 9.97 Å². The summed E-state index contributed by atoms with van der Waals surface area (Å²) in [5.41, 5.74) is 15.6. The topological polar surface area (TPSA) is 143 Å². The first kappa shape index (κ1) is 42.6. The number of carbonyl (C=O) groups is 1. The van der Waals surface area contributed by atoms with Crippen LogP contribution in [0.15, 0.2) is 143 Å². The van der Waals surface area contributed by atoms with Crippen molar-refractivity contribution in [1.29, 1.82) is 0 Å². The summed E-state index contributed by atoms with van der Waals surface area (Å²) in [6, 6.07) is 42.7. The molecule has 0 saturated carbocycles. The maximum absolute atomic E-state index is 13.1. The number of nitrogens with zero attached hydrogens (tertiary/aromatic N) is 4. The summed E-state index contributed by atoms with van der Waals surface area (Å²) in [5.74, 6) is 2.28. The molecular formula is C51H50N6O5. The van der Waals surface area contributed by atoms with Crippen LogP contribution in [0.2, 0.25) is 0 Å². The van der Waals surface area contributed by atoms with E-state index in [0.29, 0.717) is 59.8 Å². The first-order valence-electron chi connectivity index (χ1n) is 20.5. The van der Waals surface area contributed by atoms with Crippen LogP contribution in [0.25, 0.3) is 44.3 Å². The number of methoxy groups -OCH3 is 2. The van der Waals surface area contributed by atoms with Gasteiger partial charge in [-0.25, -0.2) is 9.59 Å². The predicted octanol–water partition coefficient (Wildman–Crippen LogP) is 9.64. The van der Waals surface area contributed by atoms with E-state index in [4.69, 9.17) is 15.2 Å². The molecule has 0 aliphatic heterocycles. The molecule has 0 saturated heterocycles. The van der Waals surface area contributed by atoms with E-state index in [-0.39, 0.29) is 11.4 Å². The molecule has 0 bridgehead atoms. The molecule has 0 radical (unpaired) electrons. The average molecular weight is 827 g/mol. The first-order chi connectivity index (χ1) is 30.0. The number of carbonyl (C=O) groups excluding carboxylic acids is 1. The number of hydrogen-bond donors (Lipinski definition) is 2. The highest BCUT2D eigenvalue weighted by Gasteiger charge is 2.16. The Bertz CT molecular complexity index is 2990. The second-order valence-corrected chi connectivity index (χ2v) is 15.7. The van der Waals surface area contributed by atoms with Crippen LogP contribution in [-0.2, 0) is 17.9 Å². The number of nitrogens with two attached hydrogens (primary N) is 1. The second-order valence-electron chi connectivity index (χ2n) is 15.7. The van der Waals surface area contributed by atoms with Crippen molar-refractivity contribution in [2.45, 2.75) is 52.6 Å². The minimum Gasteiger partial charge on any atom is -0.497 e. The lowest BCUT2D eigenvalue weighted by Gasteiger charge is -2.15. The quantitative estimate of drug-likeness (QED) is 0.0916. The Labute approximate surface area is 360 Å². The molecule has 0 unspecified atom stereocenters. The standard InChI is InChI=1S/C26H25N3O3.C25H25N3O2/c1-17(2)19-7-9-20(10-8-19)25-23-14-22(32-3)11-12-24(23)29(26(31)28-25)15-18-5-4-6-21(13-18)27-16-30;1-16(2)18-7-9-19(10-8-18)24-22-14-21(30-3)11-12-23(22)28(25(29)27-24)15-17-5-4-6-20(26)13-17/h4-14,16-17H,15H2,1-3H3,(H,27,30);4-14,16H,15,26H2,1-3H3. The number of rotatable bonds is 12. The van der Waals surface area contributed by atoms with E-state index in [9.17, 15) is 14.4 Å². The van der Waals surface area contributed by atoms with Crippen LogP contribution in [0, 0.1) is 0 Å². The van der Waals surface area contributed by atoms with Gasteiger partial charge in [0, 0.05) is 33.3 Å². The fourth-order valence-electron chi connectivity index (χ4n) is 7.45. The number of ether oxygens (including phenoxy) is 2. The summed E-state index contributed by atoms with van der Waals surface area (Å²) in [4.78, 5) is 45.8. The van der Waals surface area contributed by atoms with Crippen LogP contribution < -0.4 is 31.9 Å². The van der Waals surface area contributed by atoms with Gasteiger partial charge in [0.05, 0.1) is 49.7 Å². The highest BCUT2D eigenvalue weighted by Crippen LogP contribution is 2.32. The van der Waals surface area contributed by atoms with Gasteiger partial charge in [-0.1, -0.05) is 100 Å². The number of fused-ring (bicyclic) bond motifs is 2. The molecule has 3 N–H and O–H groups in total. The Morgan fingerprint density at radius 3 is 1.47 bits per heavy atom. The summed E-state index contributed by atoms with van der Waals surface area (Å²) < 4.78 is 14.2. The predicted molar refractivity (Wildman–Crippen MR) is 249 cm³/mol. The zero-order valence-electron chi connectivity index (χ0n) is 35.8. The van der Waals surface area contributed by atoms with Crippen LogP contribution in [-0.4, -0.2) is 39.7 Å². The fourth-order valence-corrected chi connectivity index (χ4v) is 7.45. The second kappa shape index (κ2) is 18.8. The third-order valence-corrected chi connectivity index (χ3v) is 10.9. The maximum atomic E-state index is 13.1.